The van der Waals surface area contributed by atoms with Crippen molar-refractivity contribution in [2.75, 3.05) is 33.2 Å². The molecule has 1 unspecified atom stereocenters. The van der Waals surface area contributed by atoms with Gasteiger partial charge >= 0.3 is 0 Å². The molecule has 96 valence electrons. The van der Waals surface area contributed by atoms with E-state index < -0.39 is 0 Å². The standard InChI is InChI=1S/C13H24N4/c1-16-9-3-4-12(11-16)10-14-7-5-13-6-8-15-17(13)2/h6,8,12,14H,3-5,7,9-11H2,1-2H3. The van der Waals surface area contributed by atoms with E-state index in [0.29, 0.717) is 0 Å². The fourth-order valence-corrected chi connectivity index (χ4v) is 2.61. The van der Waals surface area contributed by atoms with E-state index in [4.69, 9.17) is 0 Å². The summed E-state index contributed by atoms with van der Waals surface area (Å²) in [6.45, 7) is 4.73. The lowest BCUT2D eigenvalue weighted by molar-refractivity contribution is 0.206. The number of likely N-dealkylation sites (tertiary alicyclic amines) is 1. The molecule has 0 saturated carbocycles. The molecule has 0 bridgehead atoms. The first kappa shape index (κ1) is 12.6. The average molecular weight is 236 g/mol. The van der Waals surface area contributed by atoms with Gasteiger partial charge in [0.25, 0.3) is 0 Å². The zero-order valence-corrected chi connectivity index (χ0v) is 11.0. The second-order valence-electron chi connectivity index (χ2n) is 5.17. The first-order chi connectivity index (χ1) is 8.25. The van der Waals surface area contributed by atoms with Gasteiger partial charge in [0.2, 0.25) is 0 Å². The number of aromatic nitrogens is 2. The van der Waals surface area contributed by atoms with Crippen LogP contribution in [0.1, 0.15) is 18.5 Å². The number of piperidine rings is 1. The van der Waals surface area contributed by atoms with Crippen LogP contribution in [-0.4, -0.2) is 47.9 Å². The summed E-state index contributed by atoms with van der Waals surface area (Å²) in [7, 11) is 4.23. The summed E-state index contributed by atoms with van der Waals surface area (Å²) in [5.74, 6) is 0.834. The first-order valence-electron chi connectivity index (χ1n) is 6.62. The van der Waals surface area contributed by atoms with Crippen LogP contribution in [0.4, 0.5) is 0 Å². The van der Waals surface area contributed by atoms with E-state index in [9.17, 15) is 0 Å². The zero-order chi connectivity index (χ0) is 12.1. The van der Waals surface area contributed by atoms with E-state index in [1.54, 1.807) is 0 Å². The third-order valence-corrected chi connectivity index (χ3v) is 3.64. The van der Waals surface area contributed by atoms with Crippen molar-refractivity contribution in [1.29, 1.82) is 0 Å². The van der Waals surface area contributed by atoms with Gasteiger partial charge in [-0.15, -0.1) is 0 Å². The maximum atomic E-state index is 4.18. The molecule has 0 aromatic carbocycles. The number of nitrogens with zero attached hydrogens (tertiary/aromatic N) is 3. The topological polar surface area (TPSA) is 33.1 Å². The van der Waals surface area contributed by atoms with Crippen molar-refractivity contribution in [3.05, 3.63) is 18.0 Å². The van der Waals surface area contributed by atoms with E-state index in [1.165, 1.54) is 31.6 Å². The lowest BCUT2D eigenvalue weighted by atomic mass is 9.98. The van der Waals surface area contributed by atoms with Crippen molar-refractivity contribution in [2.24, 2.45) is 13.0 Å². The largest absolute Gasteiger partial charge is 0.316 e. The van der Waals surface area contributed by atoms with Crippen molar-refractivity contribution in [3.63, 3.8) is 0 Å². The molecule has 4 nitrogen and oxygen atoms in total. The number of hydrogen-bond acceptors (Lipinski definition) is 3. The minimum Gasteiger partial charge on any atom is -0.316 e. The van der Waals surface area contributed by atoms with Crippen LogP contribution in [0.25, 0.3) is 0 Å². The summed E-state index contributed by atoms with van der Waals surface area (Å²) >= 11 is 0. The molecule has 1 N–H and O–H groups in total. The molecule has 1 saturated heterocycles. The van der Waals surface area contributed by atoms with Crippen LogP contribution in [0.3, 0.4) is 0 Å². The normalized spacial score (nSPS) is 21.9. The van der Waals surface area contributed by atoms with E-state index in [2.05, 4.69) is 28.4 Å². The Balaban J connectivity index is 1.61. The summed E-state index contributed by atoms with van der Waals surface area (Å²) in [6, 6.07) is 2.09. The van der Waals surface area contributed by atoms with Gasteiger partial charge in [-0.1, -0.05) is 0 Å². The quantitative estimate of drug-likeness (QED) is 0.771. The summed E-state index contributed by atoms with van der Waals surface area (Å²) in [6.07, 6.45) is 5.66. The van der Waals surface area contributed by atoms with E-state index in [0.717, 1.165) is 25.4 Å². The predicted molar refractivity (Wildman–Crippen MR) is 70.0 cm³/mol. The fraction of sp³-hybridized carbons (Fsp3) is 0.769. The summed E-state index contributed by atoms with van der Waals surface area (Å²) in [4.78, 5) is 2.44. The Morgan fingerprint density at radius 3 is 3.06 bits per heavy atom. The molecule has 1 aliphatic heterocycles. The van der Waals surface area contributed by atoms with Gasteiger partial charge in [-0.2, -0.15) is 5.10 Å². The summed E-state index contributed by atoms with van der Waals surface area (Å²) < 4.78 is 1.95. The highest BCUT2D eigenvalue weighted by Gasteiger charge is 2.16. The van der Waals surface area contributed by atoms with Gasteiger partial charge in [-0.3, -0.25) is 4.68 Å². The van der Waals surface area contributed by atoms with Crippen molar-refractivity contribution < 1.29 is 0 Å². The van der Waals surface area contributed by atoms with Gasteiger partial charge in [-0.05, 0) is 45.0 Å². The smallest absolute Gasteiger partial charge is 0.0492 e. The van der Waals surface area contributed by atoms with E-state index in [1.807, 2.05) is 17.9 Å². The predicted octanol–water partition coefficient (Wildman–Crippen LogP) is 0.894. The number of hydrogen-bond donors (Lipinski definition) is 1. The zero-order valence-electron chi connectivity index (χ0n) is 11.0. The number of rotatable bonds is 5. The third-order valence-electron chi connectivity index (χ3n) is 3.64. The second-order valence-corrected chi connectivity index (χ2v) is 5.17. The molecule has 1 fully saturated rings. The van der Waals surface area contributed by atoms with Crippen molar-refractivity contribution in [1.82, 2.24) is 20.0 Å². The van der Waals surface area contributed by atoms with E-state index in [-0.39, 0.29) is 0 Å². The lowest BCUT2D eigenvalue weighted by Crippen LogP contribution is -2.37. The Kier molecular flexibility index (Phi) is 4.57. The Morgan fingerprint density at radius 1 is 1.47 bits per heavy atom. The van der Waals surface area contributed by atoms with Gasteiger partial charge in [0.15, 0.2) is 0 Å². The minimum atomic E-state index is 0.834. The van der Waals surface area contributed by atoms with Crippen LogP contribution in [0.15, 0.2) is 12.3 Å². The molecule has 1 aromatic rings. The van der Waals surface area contributed by atoms with Crippen LogP contribution < -0.4 is 5.32 Å². The van der Waals surface area contributed by atoms with E-state index >= 15 is 0 Å². The monoisotopic (exact) mass is 236 g/mol. The van der Waals surface area contributed by atoms with Crippen molar-refractivity contribution in [2.45, 2.75) is 19.3 Å². The van der Waals surface area contributed by atoms with Crippen LogP contribution in [0.5, 0.6) is 0 Å². The summed E-state index contributed by atoms with van der Waals surface area (Å²) in [5.41, 5.74) is 1.30. The Labute approximate surface area is 104 Å². The molecule has 4 heteroatoms. The highest BCUT2D eigenvalue weighted by Crippen LogP contribution is 2.13. The van der Waals surface area contributed by atoms with Gasteiger partial charge in [0, 0.05) is 38.4 Å². The van der Waals surface area contributed by atoms with Crippen molar-refractivity contribution >= 4 is 0 Å². The highest BCUT2D eigenvalue weighted by atomic mass is 15.3. The molecular weight excluding hydrogens is 212 g/mol. The molecule has 0 amide bonds. The highest BCUT2D eigenvalue weighted by molar-refractivity contribution is 5.00. The Bertz CT molecular complexity index is 334. The Morgan fingerprint density at radius 2 is 2.35 bits per heavy atom. The maximum absolute atomic E-state index is 4.18. The molecule has 1 aromatic heterocycles. The van der Waals surface area contributed by atoms with Crippen LogP contribution in [0.2, 0.25) is 0 Å². The summed E-state index contributed by atoms with van der Waals surface area (Å²) in [5, 5.41) is 7.75. The molecule has 1 atom stereocenters. The second kappa shape index (κ2) is 6.17. The molecule has 2 rings (SSSR count). The minimum absolute atomic E-state index is 0.834. The number of nitrogens with one attached hydrogen (secondary N) is 1. The first-order valence-corrected chi connectivity index (χ1v) is 6.62. The molecule has 1 aliphatic rings. The van der Waals surface area contributed by atoms with Gasteiger partial charge < -0.3 is 10.2 Å². The molecule has 2 heterocycles. The molecule has 0 spiro atoms. The SMILES string of the molecule is CN1CCCC(CNCCc2ccnn2C)C1. The van der Waals surface area contributed by atoms with Crippen LogP contribution >= 0.6 is 0 Å². The molecular formula is C13H24N4. The molecule has 17 heavy (non-hydrogen) atoms. The molecule has 0 radical (unpaired) electrons. The van der Waals surface area contributed by atoms with Gasteiger partial charge in [0.1, 0.15) is 0 Å². The van der Waals surface area contributed by atoms with Crippen LogP contribution in [0, 0.1) is 5.92 Å². The molecule has 0 aliphatic carbocycles. The maximum Gasteiger partial charge on any atom is 0.0492 e. The average Bonchev–Trinajstić information content (AvgIpc) is 2.71. The van der Waals surface area contributed by atoms with Crippen LogP contribution in [-0.2, 0) is 13.5 Å². The Hall–Kier alpha value is -0.870. The number of aryl methyl sites for hydroxylation is 1. The van der Waals surface area contributed by atoms with Gasteiger partial charge in [-0.25, -0.2) is 0 Å². The fourth-order valence-electron chi connectivity index (χ4n) is 2.61. The van der Waals surface area contributed by atoms with Gasteiger partial charge in [0.05, 0.1) is 0 Å². The lowest BCUT2D eigenvalue weighted by Gasteiger charge is -2.29. The van der Waals surface area contributed by atoms with Crippen molar-refractivity contribution in [3.8, 4) is 0 Å². The third kappa shape index (κ3) is 3.82.